The number of nitrogens with one attached hydrogen (secondary N) is 1. The van der Waals surface area contributed by atoms with Crippen LogP contribution in [0.25, 0.3) is 0 Å². The molecule has 2 rings (SSSR count). The average molecular weight is 275 g/mol. The van der Waals surface area contributed by atoms with Crippen LogP contribution in [0.4, 0.5) is 5.95 Å². The minimum Gasteiger partial charge on any atom is -0.355 e. The molecule has 0 atom stereocenters. The second-order valence-electron chi connectivity index (χ2n) is 6.81. The van der Waals surface area contributed by atoms with Crippen molar-refractivity contribution in [1.29, 1.82) is 0 Å². The molecule has 1 N–H and O–H groups in total. The summed E-state index contributed by atoms with van der Waals surface area (Å²) in [7, 11) is 0. The number of hydrogen-bond acceptors (Lipinski definition) is 2. The zero-order valence-electron chi connectivity index (χ0n) is 13.3. The molecule has 0 unspecified atom stereocenters. The van der Waals surface area contributed by atoms with Gasteiger partial charge in [-0.25, -0.2) is 4.98 Å². The van der Waals surface area contributed by atoms with Crippen LogP contribution >= 0.6 is 0 Å². The fourth-order valence-electron chi connectivity index (χ4n) is 3.68. The summed E-state index contributed by atoms with van der Waals surface area (Å²) in [5, 5.41) is 3.61. The molecule has 0 saturated heterocycles. The van der Waals surface area contributed by atoms with Crippen molar-refractivity contribution < 1.29 is 0 Å². The summed E-state index contributed by atoms with van der Waals surface area (Å²) in [5.41, 5.74) is 1.55. The van der Waals surface area contributed by atoms with Crippen LogP contribution in [0.3, 0.4) is 0 Å². The third-order valence-corrected chi connectivity index (χ3v) is 4.35. The lowest BCUT2D eigenvalue weighted by Gasteiger charge is -2.31. The first-order chi connectivity index (χ1) is 9.54. The van der Waals surface area contributed by atoms with E-state index < -0.39 is 0 Å². The van der Waals surface area contributed by atoms with Crippen molar-refractivity contribution in [1.82, 2.24) is 9.55 Å². The van der Waals surface area contributed by atoms with Crippen LogP contribution in [0.2, 0.25) is 0 Å². The second kappa shape index (κ2) is 6.47. The molecule has 20 heavy (non-hydrogen) atoms. The zero-order chi connectivity index (χ0) is 14.6. The first kappa shape index (κ1) is 15.1. The van der Waals surface area contributed by atoms with E-state index in [9.17, 15) is 0 Å². The Morgan fingerprint density at radius 1 is 1.45 bits per heavy atom. The minimum absolute atomic E-state index is 0.479. The van der Waals surface area contributed by atoms with E-state index in [2.05, 4.69) is 41.5 Å². The van der Waals surface area contributed by atoms with Crippen LogP contribution in [-0.4, -0.2) is 16.1 Å². The molecule has 1 aromatic heterocycles. The summed E-state index contributed by atoms with van der Waals surface area (Å²) in [6, 6.07) is 0. The van der Waals surface area contributed by atoms with Gasteiger partial charge in [0.15, 0.2) is 0 Å². The maximum atomic E-state index is 4.60. The number of allylic oxidation sites excluding steroid dienone is 1. The molecule has 0 bridgehead atoms. The summed E-state index contributed by atoms with van der Waals surface area (Å²) >= 11 is 0. The normalized spacial score (nSPS) is 17.6. The highest BCUT2D eigenvalue weighted by Crippen LogP contribution is 2.43. The van der Waals surface area contributed by atoms with Crippen molar-refractivity contribution in [2.24, 2.45) is 11.3 Å². The van der Waals surface area contributed by atoms with E-state index in [0.717, 1.165) is 30.6 Å². The van der Waals surface area contributed by atoms with E-state index in [4.69, 9.17) is 0 Å². The summed E-state index contributed by atoms with van der Waals surface area (Å²) < 4.78 is 2.15. The number of aromatic nitrogens is 2. The predicted molar refractivity (Wildman–Crippen MR) is 86.0 cm³/mol. The Bertz CT molecular complexity index is 439. The summed E-state index contributed by atoms with van der Waals surface area (Å²) in [4.78, 5) is 4.60. The monoisotopic (exact) mass is 275 g/mol. The van der Waals surface area contributed by atoms with Crippen molar-refractivity contribution in [3.63, 3.8) is 0 Å². The Kier molecular flexibility index (Phi) is 4.90. The summed E-state index contributed by atoms with van der Waals surface area (Å²) in [6.07, 6.45) is 10.8. The molecule has 1 aliphatic rings. The minimum atomic E-state index is 0.479. The smallest absolute Gasteiger partial charge is 0.203 e. The fourth-order valence-corrected chi connectivity index (χ4v) is 3.68. The highest BCUT2D eigenvalue weighted by molar-refractivity contribution is 5.29. The molecular formula is C17H29N3. The maximum Gasteiger partial charge on any atom is 0.203 e. The summed E-state index contributed by atoms with van der Waals surface area (Å²) in [5.74, 6) is 1.77. The molecule has 1 aliphatic carbocycles. The maximum absolute atomic E-state index is 4.60. The topological polar surface area (TPSA) is 29.9 Å². The van der Waals surface area contributed by atoms with Gasteiger partial charge in [0.25, 0.3) is 0 Å². The van der Waals surface area contributed by atoms with Crippen LogP contribution in [0, 0.1) is 18.3 Å². The lowest BCUT2D eigenvalue weighted by Crippen LogP contribution is -2.29. The van der Waals surface area contributed by atoms with Crippen LogP contribution in [0.5, 0.6) is 0 Å². The van der Waals surface area contributed by atoms with Crippen molar-refractivity contribution in [3.8, 4) is 0 Å². The molecule has 0 aromatic carbocycles. The molecule has 0 amide bonds. The van der Waals surface area contributed by atoms with E-state index in [-0.39, 0.29) is 0 Å². The van der Waals surface area contributed by atoms with Crippen LogP contribution in [0.15, 0.2) is 18.9 Å². The Hall–Kier alpha value is -1.25. The molecule has 1 heterocycles. The van der Waals surface area contributed by atoms with E-state index in [0.29, 0.717) is 5.41 Å². The van der Waals surface area contributed by atoms with E-state index in [1.54, 1.807) is 0 Å². The molecule has 0 spiro atoms. The Morgan fingerprint density at radius 3 is 2.75 bits per heavy atom. The van der Waals surface area contributed by atoms with Gasteiger partial charge in [-0.2, -0.15) is 0 Å². The third-order valence-electron chi connectivity index (χ3n) is 4.35. The molecule has 0 radical (unpaired) electrons. The number of imidazole rings is 1. The first-order valence-corrected chi connectivity index (χ1v) is 7.93. The number of rotatable bonds is 7. The van der Waals surface area contributed by atoms with Crippen molar-refractivity contribution in [3.05, 3.63) is 24.5 Å². The van der Waals surface area contributed by atoms with Gasteiger partial charge in [-0.15, -0.1) is 6.58 Å². The molecule has 112 valence electrons. The molecule has 0 aliphatic heterocycles. The van der Waals surface area contributed by atoms with Crippen molar-refractivity contribution in [2.75, 3.05) is 11.9 Å². The van der Waals surface area contributed by atoms with E-state index >= 15 is 0 Å². The lowest BCUT2D eigenvalue weighted by atomic mass is 9.78. The highest BCUT2D eigenvalue weighted by atomic mass is 15.2. The van der Waals surface area contributed by atoms with Gasteiger partial charge in [-0.3, -0.25) is 0 Å². The number of nitrogens with zero attached hydrogens (tertiary/aromatic N) is 2. The van der Waals surface area contributed by atoms with Gasteiger partial charge in [0.1, 0.15) is 0 Å². The average Bonchev–Trinajstić information content (AvgIpc) is 2.94. The Labute approximate surface area is 123 Å². The van der Waals surface area contributed by atoms with Gasteiger partial charge in [0, 0.05) is 19.3 Å². The number of hydrogen-bond donors (Lipinski definition) is 1. The molecule has 3 heteroatoms. The van der Waals surface area contributed by atoms with Gasteiger partial charge in [0.05, 0.1) is 5.69 Å². The molecule has 1 fully saturated rings. The molecule has 1 aromatic rings. The SMILES string of the molecule is C=CCn1cc(C)nc1NCC1(CC(C)C)CCCC1. The Balaban J connectivity index is 2.04. The fraction of sp³-hybridized carbons (Fsp3) is 0.706. The van der Waals surface area contributed by atoms with Gasteiger partial charge < -0.3 is 9.88 Å². The van der Waals surface area contributed by atoms with Crippen LogP contribution in [-0.2, 0) is 6.54 Å². The Morgan fingerprint density at radius 2 is 2.15 bits per heavy atom. The van der Waals surface area contributed by atoms with Gasteiger partial charge in [-0.1, -0.05) is 32.8 Å². The standard InChI is InChI=1S/C17H29N3/c1-5-10-20-12-15(4)19-16(20)18-13-17(11-14(2)3)8-6-7-9-17/h5,12,14H,1,6-11,13H2,2-4H3,(H,18,19). The van der Waals surface area contributed by atoms with Crippen LogP contribution in [0.1, 0.15) is 51.6 Å². The van der Waals surface area contributed by atoms with Gasteiger partial charge >= 0.3 is 0 Å². The predicted octanol–water partition coefficient (Wildman–Crippen LogP) is 4.40. The third kappa shape index (κ3) is 3.65. The highest BCUT2D eigenvalue weighted by Gasteiger charge is 2.34. The van der Waals surface area contributed by atoms with Crippen molar-refractivity contribution in [2.45, 2.75) is 59.4 Å². The van der Waals surface area contributed by atoms with Crippen molar-refractivity contribution >= 4 is 5.95 Å². The number of aryl methyl sites for hydroxylation is 1. The quantitative estimate of drug-likeness (QED) is 0.748. The molecular weight excluding hydrogens is 246 g/mol. The first-order valence-electron chi connectivity index (χ1n) is 7.93. The van der Waals surface area contributed by atoms with Gasteiger partial charge in [-0.05, 0) is 37.5 Å². The van der Waals surface area contributed by atoms with Crippen LogP contribution < -0.4 is 5.32 Å². The van der Waals surface area contributed by atoms with E-state index in [1.807, 2.05) is 13.0 Å². The van der Waals surface area contributed by atoms with E-state index in [1.165, 1.54) is 32.1 Å². The second-order valence-corrected chi connectivity index (χ2v) is 6.81. The molecule has 3 nitrogen and oxygen atoms in total. The zero-order valence-corrected chi connectivity index (χ0v) is 13.3. The summed E-state index contributed by atoms with van der Waals surface area (Å²) in [6.45, 7) is 12.4. The molecule has 1 saturated carbocycles. The largest absolute Gasteiger partial charge is 0.355 e. The van der Waals surface area contributed by atoms with Gasteiger partial charge in [0.2, 0.25) is 5.95 Å². The number of anilines is 1. The lowest BCUT2D eigenvalue weighted by molar-refractivity contribution is 0.252.